The van der Waals surface area contributed by atoms with Crippen molar-refractivity contribution in [3.63, 3.8) is 0 Å². The van der Waals surface area contributed by atoms with E-state index in [1.165, 1.54) is 11.0 Å². The molecule has 20 heavy (non-hydrogen) atoms. The van der Waals surface area contributed by atoms with Gasteiger partial charge in [-0.3, -0.25) is 9.59 Å². The Labute approximate surface area is 127 Å². The molecule has 0 unspecified atom stereocenters. The van der Waals surface area contributed by atoms with Crippen molar-refractivity contribution in [1.29, 1.82) is 0 Å². The van der Waals surface area contributed by atoms with Crippen molar-refractivity contribution in [2.75, 3.05) is 33.7 Å². The number of benzene rings is 1. The number of likely N-dealkylation sites (N-methyl/N-ethyl adjacent to an activating group) is 1. The Morgan fingerprint density at radius 2 is 1.85 bits per heavy atom. The second-order valence-electron chi connectivity index (χ2n) is 4.53. The van der Waals surface area contributed by atoms with Gasteiger partial charge in [0.2, 0.25) is 0 Å². The van der Waals surface area contributed by atoms with Crippen molar-refractivity contribution in [2.45, 2.75) is 0 Å². The van der Waals surface area contributed by atoms with E-state index in [0.29, 0.717) is 13.1 Å². The molecule has 1 aromatic carbocycles. The van der Waals surface area contributed by atoms with Crippen LogP contribution in [0.1, 0.15) is 10.4 Å². The highest BCUT2D eigenvalue weighted by atomic mass is 35.5. The second-order valence-corrected chi connectivity index (χ2v) is 5.31. The van der Waals surface area contributed by atoms with Gasteiger partial charge in [0.25, 0.3) is 5.91 Å². The third-order valence-electron chi connectivity index (χ3n) is 2.61. The van der Waals surface area contributed by atoms with Crippen molar-refractivity contribution in [3.05, 3.63) is 33.8 Å². The van der Waals surface area contributed by atoms with Crippen LogP contribution in [0, 0.1) is 0 Å². The highest BCUT2D eigenvalue weighted by Crippen LogP contribution is 2.26. The van der Waals surface area contributed by atoms with E-state index in [1.807, 2.05) is 19.0 Å². The average Bonchev–Trinajstić information content (AvgIpc) is 2.36. The number of carbonyl (C=O) groups excluding carboxylic acids is 1. The minimum Gasteiger partial charge on any atom is -0.480 e. The Morgan fingerprint density at radius 3 is 2.40 bits per heavy atom. The van der Waals surface area contributed by atoms with Gasteiger partial charge in [0.05, 0.1) is 15.6 Å². The zero-order valence-corrected chi connectivity index (χ0v) is 12.8. The Balaban J connectivity index is 2.97. The summed E-state index contributed by atoms with van der Waals surface area (Å²) in [6.07, 6.45) is 0. The minimum absolute atomic E-state index is 0.138. The molecule has 0 radical (unpaired) electrons. The molecule has 7 heteroatoms. The largest absolute Gasteiger partial charge is 0.480 e. The molecule has 0 aliphatic carbocycles. The van der Waals surface area contributed by atoms with Gasteiger partial charge in [0, 0.05) is 13.1 Å². The van der Waals surface area contributed by atoms with E-state index in [4.69, 9.17) is 28.3 Å². The van der Waals surface area contributed by atoms with Crippen LogP contribution >= 0.6 is 23.2 Å². The van der Waals surface area contributed by atoms with Gasteiger partial charge in [-0.1, -0.05) is 29.3 Å². The number of carbonyl (C=O) groups is 2. The van der Waals surface area contributed by atoms with Gasteiger partial charge in [-0.2, -0.15) is 0 Å². The molecule has 0 bridgehead atoms. The first-order valence-corrected chi connectivity index (χ1v) is 6.68. The Morgan fingerprint density at radius 1 is 1.20 bits per heavy atom. The fourth-order valence-corrected chi connectivity index (χ4v) is 1.96. The number of carboxylic acid groups (broad SMARTS) is 1. The molecule has 0 saturated heterocycles. The predicted molar refractivity (Wildman–Crippen MR) is 78.6 cm³/mol. The number of halogens is 2. The fraction of sp³-hybridized carbons (Fsp3) is 0.385. The lowest BCUT2D eigenvalue weighted by Gasteiger charge is -2.23. The molecule has 1 amide bonds. The topological polar surface area (TPSA) is 60.9 Å². The Hall–Kier alpha value is -1.30. The van der Waals surface area contributed by atoms with Gasteiger partial charge in [-0.05, 0) is 26.2 Å². The molecule has 0 aromatic heterocycles. The number of aliphatic carboxylic acids is 1. The van der Waals surface area contributed by atoms with Crippen LogP contribution in [0.5, 0.6) is 0 Å². The highest BCUT2D eigenvalue weighted by molar-refractivity contribution is 6.43. The molecule has 0 heterocycles. The van der Waals surface area contributed by atoms with Gasteiger partial charge in [-0.25, -0.2) is 0 Å². The van der Waals surface area contributed by atoms with E-state index < -0.39 is 11.9 Å². The summed E-state index contributed by atoms with van der Waals surface area (Å²) < 4.78 is 0. The fourth-order valence-electron chi connectivity index (χ4n) is 1.58. The molecular formula is C13H16Cl2N2O3. The normalized spacial score (nSPS) is 10.7. The van der Waals surface area contributed by atoms with Crippen molar-refractivity contribution in [3.8, 4) is 0 Å². The number of hydrogen-bond acceptors (Lipinski definition) is 3. The number of nitrogens with zero attached hydrogens (tertiary/aromatic N) is 2. The molecule has 0 saturated carbocycles. The zero-order chi connectivity index (χ0) is 15.3. The van der Waals surface area contributed by atoms with E-state index in [1.54, 1.807) is 12.1 Å². The number of carboxylic acids is 1. The lowest BCUT2D eigenvalue weighted by molar-refractivity contribution is -0.137. The van der Waals surface area contributed by atoms with Crippen LogP contribution in [0.3, 0.4) is 0 Å². The smallest absolute Gasteiger partial charge is 0.323 e. The van der Waals surface area contributed by atoms with Gasteiger partial charge < -0.3 is 14.9 Å². The lowest BCUT2D eigenvalue weighted by atomic mass is 10.2. The predicted octanol–water partition coefficient (Wildman–Crippen LogP) is 2.08. The van der Waals surface area contributed by atoms with Gasteiger partial charge in [-0.15, -0.1) is 0 Å². The summed E-state index contributed by atoms with van der Waals surface area (Å²) in [5.74, 6) is -1.52. The van der Waals surface area contributed by atoms with Gasteiger partial charge in [0.15, 0.2) is 0 Å². The molecule has 0 atom stereocenters. The first-order valence-electron chi connectivity index (χ1n) is 5.92. The molecule has 0 fully saturated rings. The van der Waals surface area contributed by atoms with Gasteiger partial charge in [0.1, 0.15) is 6.54 Å². The molecule has 5 nitrogen and oxygen atoms in total. The molecule has 0 spiro atoms. The average molecular weight is 319 g/mol. The van der Waals surface area contributed by atoms with Crippen molar-refractivity contribution >= 4 is 35.1 Å². The van der Waals surface area contributed by atoms with Crippen LogP contribution < -0.4 is 0 Å². The quantitative estimate of drug-likeness (QED) is 0.872. The summed E-state index contributed by atoms with van der Waals surface area (Å²) in [4.78, 5) is 26.3. The third kappa shape index (κ3) is 4.67. The first-order chi connectivity index (χ1) is 9.32. The minimum atomic E-state index is -1.07. The summed E-state index contributed by atoms with van der Waals surface area (Å²) in [6.45, 7) is 0.466. The van der Waals surface area contributed by atoms with E-state index in [0.717, 1.165) is 0 Å². The molecule has 110 valence electrons. The molecule has 1 aromatic rings. The Bertz CT molecular complexity index is 506. The lowest BCUT2D eigenvalue weighted by Crippen LogP contribution is -2.40. The van der Waals surface area contributed by atoms with Crippen LogP contribution in [0.15, 0.2) is 18.2 Å². The summed E-state index contributed by atoms with van der Waals surface area (Å²) >= 11 is 11.9. The molecule has 1 N–H and O–H groups in total. The van der Waals surface area contributed by atoms with E-state index >= 15 is 0 Å². The third-order valence-corrected chi connectivity index (χ3v) is 3.43. The molecule has 1 rings (SSSR count). The second kappa shape index (κ2) is 7.47. The van der Waals surface area contributed by atoms with Crippen LogP contribution in [0.25, 0.3) is 0 Å². The van der Waals surface area contributed by atoms with Crippen molar-refractivity contribution in [2.24, 2.45) is 0 Å². The zero-order valence-electron chi connectivity index (χ0n) is 11.3. The van der Waals surface area contributed by atoms with Gasteiger partial charge >= 0.3 is 5.97 Å². The number of amides is 1. The van der Waals surface area contributed by atoms with Crippen LogP contribution in [0.4, 0.5) is 0 Å². The summed E-state index contributed by atoms with van der Waals surface area (Å²) in [7, 11) is 3.69. The van der Waals surface area contributed by atoms with Crippen LogP contribution in [-0.2, 0) is 4.79 Å². The summed E-state index contributed by atoms with van der Waals surface area (Å²) in [5.41, 5.74) is 0.208. The highest BCUT2D eigenvalue weighted by Gasteiger charge is 2.21. The van der Waals surface area contributed by atoms with E-state index in [9.17, 15) is 9.59 Å². The maximum Gasteiger partial charge on any atom is 0.323 e. The summed E-state index contributed by atoms with van der Waals surface area (Å²) in [6, 6.07) is 4.70. The standard InChI is InChI=1S/C13H16Cl2N2O3/c1-16(2)6-7-17(8-11(18)19)13(20)9-4-3-5-10(14)12(9)15/h3-5H,6-8H2,1-2H3,(H,18,19). The SMILES string of the molecule is CN(C)CCN(CC(=O)O)C(=O)c1cccc(Cl)c1Cl. The van der Waals surface area contributed by atoms with Crippen molar-refractivity contribution < 1.29 is 14.7 Å². The summed E-state index contributed by atoms with van der Waals surface area (Å²) in [5, 5.41) is 9.30. The monoisotopic (exact) mass is 318 g/mol. The van der Waals surface area contributed by atoms with E-state index in [2.05, 4.69) is 0 Å². The number of rotatable bonds is 6. The Kier molecular flexibility index (Phi) is 6.26. The molecule has 0 aliphatic heterocycles. The molecular weight excluding hydrogens is 303 g/mol. The van der Waals surface area contributed by atoms with Crippen LogP contribution in [-0.4, -0.2) is 60.5 Å². The molecule has 0 aliphatic rings. The van der Waals surface area contributed by atoms with Crippen LogP contribution in [0.2, 0.25) is 10.0 Å². The van der Waals surface area contributed by atoms with E-state index in [-0.39, 0.29) is 22.2 Å². The van der Waals surface area contributed by atoms with Crippen molar-refractivity contribution in [1.82, 2.24) is 9.80 Å². The first kappa shape index (κ1) is 16.8. The maximum atomic E-state index is 12.4. The number of hydrogen-bond donors (Lipinski definition) is 1. The maximum absolute atomic E-state index is 12.4.